The lowest BCUT2D eigenvalue weighted by molar-refractivity contribution is -0.0737. The maximum atomic E-state index is 6.24. The first-order valence-corrected chi connectivity index (χ1v) is 9.39. The van der Waals surface area contributed by atoms with E-state index in [0.29, 0.717) is 6.04 Å². The van der Waals surface area contributed by atoms with E-state index in [2.05, 4.69) is 32.1 Å². The monoisotopic (exact) mass is 345 g/mol. The fourth-order valence-electron chi connectivity index (χ4n) is 3.74. The molecule has 0 amide bonds. The van der Waals surface area contributed by atoms with Gasteiger partial charge in [-0.2, -0.15) is 0 Å². The molecule has 0 bridgehead atoms. The van der Waals surface area contributed by atoms with Crippen LogP contribution in [0.3, 0.4) is 0 Å². The molecule has 2 aliphatic heterocycles. The van der Waals surface area contributed by atoms with Crippen molar-refractivity contribution in [3.63, 3.8) is 0 Å². The van der Waals surface area contributed by atoms with Crippen molar-refractivity contribution in [1.82, 2.24) is 19.9 Å². The van der Waals surface area contributed by atoms with Crippen molar-refractivity contribution in [3.8, 4) is 0 Å². The highest BCUT2D eigenvalue weighted by atomic mass is 32.1. The Bertz CT molecular complexity index is 679. The maximum Gasteiger partial charge on any atom is 0.222 e. The summed E-state index contributed by atoms with van der Waals surface area (Å²) in [6.07, 6.45) is 6.67. The van der Waals surface area contributed by atoms with Crippen LogP contribution in [0.15, 0.2) is 24.0 Å². The van der Waals surface area contributed by atoms with Gasteiger partial charge in [-0.05, 0) is 32.3 Å². The second kappa shape index (κ2) is 6.74. The van der Waals surface area contributed by atoms with Gasteiger partial charge in [0, 0.05) is 49.6 Å². The third-order valence-corrected chi connectivity index (χ3v) is 5.92. The molecule has 4 rings (SSSR count). The second-order valence-electron chi connectivity index (χ2n) is 6.76. The molecule has 2 aromatic heterocycles. The lowest BCUT2D eigenvalue weighted by Crippen LogP contribution is -2.46. The number of thiazole rings is 1. The van der Waals surface area contributed by atoms with E-state index in [-0.39, 0.29) is 5.60 Å². The minimum Gasteiger partial charge on any atom is -0.373 e. The average Bonchev–Trinajstić information content (AvgIpc) is 3.16. The minimum absolute atomic E-state index is 0.0245. The van der Waals surface area contributed by atoms with Crippen LogP contribution >= 0.6 is 11.3 Å². The van der Waals surface area contributed by atoms with E-state index in [1.54, 1.807) is 23.7 Å². The Balaban J connectivity index is 1.38. The summed E-state index contributed by atoms with van der Waals surface area (Å²) in [5, 5.41) is 3.47. The Morgan fingerprint density at radius 2 is 2.25 bits per heavy atom. The number of aryl methyl sites for hydroxylation is 1. The molecule has 0 saturated carbocycles. The van der Waals surface area contributed by atoms with Gasteiger partial charge in [-0.3, -0.25) is 4.90 Å². The van der Waals surface area contributed by atoms with E-state index in [1.807, 2.05) is 11.6 Å². The third kappa shape index (κ3) is 3.43. The van der Waals surface area contributed by atoms with Gasteiger partial charge in [0.2, 0.25) is 5.95 Å². The molecule has 2 aromatic rings. The van der Waals surface area contributed by atoms with Crippen LogP contribution in [0.1, 0.15) is 29.8 Å². The molecule has 0 aromatic carbocycles. The first kappa shape index (κ1) is 15.9. The maximum absolute atomic E-state index is 6.24. The van der Waals surface area contributed by atoms with Crippen LogP contribution in [-0.2, 0) is 11.3 Å². The van der Waals surface area contributed by atoms with Crippen LogP contribution in [-0.4, -0.2) is 51.2 Å². The van der Waals surface area contributed by atoms with Crippen LogP contribution in [0.2, 0.25) is 0 Å². The quantitative estimate of drug-likeness (QED) is 0.918. The highest BCUT2D eigenvalue weighted by Crippen LogP contribution is 2.36. The molecule has 2 aliphatic rings. The SMILES string of the molecule is Cc1ncsc1CN1CC[C@]2(C[C@@H](Nc3ncccn3)CCO2)C1. The van der Waals surface area contributed by atoms with Crippen LogP contribution in [0.25, 0.3) is 0 Å². The average molecular weight is 345 g/mol. The van der Waals surface area contributed by atoms with Crippen molar-refractivity contribution in [2.75, 3.05) is 25.0 Å². The Morgan fingerprint density at radius 1 is 1.38 bits per heavy atom. The zero-order valence-electron chi connectivity index (χ0n) is 13.9. The molecular formula is C17H23N5OS. The summed E-state index contributed by atoms with van der Waals surface area (Å²) in [4.78, 5) is 16.8. The second-order valence-corrected chi connectivity index (χ2v) is 7.70. The lowest BCUT2D eigenvalue weighted by Gasteiger charge is -2.38. The van der Waals surface area contributed by atoms with Crippen LogP contribution in [0.4, 0.5) is 5.95 Å². The number of nitrogens with one attached hydrogen (secondary N) is 1. The van der Waals surface area contributed by atoms with Gasteiger partial charge in [0.1, 0.15) is 0 Å². The van der Waals surface area contributed by atoms with Gasteiger partial charge in [-0.1, -0.05) is 0 Å². The topological polar surface area (TPSA) is 63.2 Å². The summed E-state index contributed by atoms with van der Waals surface area (Å²) in [6, 6.07) is 2.22. The number of hydrogen-bond donors (Lipinski definition) is 1. The van der Waals surface area contributed by atoms with Gasteiger partial charge in [0.15, 0.2) is 0 Å². The van der Waals surface area contributed by atoms with Crippen molar-refractivity contribution in [2.24, 2.45) is 0 Å². The zero-order valence-corrected chi connectivity index (χ0v) is 14.8. The van der Waals surface area contributed by atoms with Crippen molar-refractivity contribution in [1.29, 1.82) is 0 Å². The molecule has 2 fully saturated rings. The van der Waals surface area contributed by atoms with E-state index in [1.165, 1.54) is 4.88 Å². The Kier molecular flexibility index (Phi) is 4.47. The molecule has 1 spiro atoms. The van der Waals surface area contributed by atoms with Crippen molar-refractivity contribution < 1.29 is 4.74 Å². The van der Waals surface area contributed by atoms with E-state index in [0.717, 1.165) is 57.1 Å². The largest absolute Gasteiger partial charge is 0.373 e. The summed E-state index contributed by atoms with van der Waals surface area (Å²) in [5.41, 5.74) is 3.07. The number of rotatable bonds is 4. The molecule has 128 valence electrons. The molecule has 6 nitrogen and oxygen atoms in total. The molecule has 2 atom stereocenters. The summed E-state index contributed by atoms with van der Waals surface area (Å²) >= 11 is 1.75. The van der Waals surface area contributed by atoms with Crippen LogP contribution in [0.5, 0.6) is 0 Å². The molecule has 7 heteroatoms. The molecule has 0 aliphatic carbocycles. The van der Waals surface area contributed by atoms with Gasteiger partial charge in [0.25, 0.3) is 0 Å². The molecule has 2 saturated heterocycles. The highest BCUT2D eigenvalue weighted by molar-refractivity contribution is 7.09. The Morgan fingerprint density at radius 3 is 3.04 bits per heavy atom. The van der Waals surface area contributed by atoms with E-state index >= 15 is 0 Å². The molecule has 4 heterocycles. The van der Waals surface area contributed by atoms with Crippen molar-refractivity contribution >= 4 is 17.3 Å². The summed E-state index contributed by atoms with van der Waals surface area (Å²) in [7, 11) is 0. The zero-order chi connectivity index (χ0) is 16.4. The van der Waals surface area contributed by atoms with Gasteiger partial charge in [-0.15, -0.1) is 11.3 Å². The number of likely N-dealkylation sites (tertiary alicyclic amines) is 1. The van der Waals surface area contributed by atoms with Gasteiger partial charge < -0.3 is 10.1 Å². The summed E-state index contributed by atoms with van der Waals surface area (Å²) in [6.45, 7) is 5.97. The van der Waals surface area contributed by atoms with Crippen molar-refractivity contribution in [3.05, 3.63) is 34.5 Å². The molecular weight excluding hydrogens is 322 g/mol. The van der Waals surface area contributed by atoms with Gasteiger partial charge in [0.05, 0.1) is 16.8 Å². The summed E-state index contributed by atoms with van der Waals surface area (Å²) in [5.74, 6) is 0.717. The normalized spacial score (nSPS) is 27.6. The van der Waals surface area contributed by atoms with Gasteiger partial charge >= 0.3 is 0 Å². The van der Waals surface area contributed by atoms with Gasteiger partial charge in [-0.25, -0.2) is 15.0 Å². The fourth-order valence-corrected chi connectivity index (χ4v) is 4.55. The van der Waals surface area contributed by atoms with Crippen LogP contribution in [0, 0.1) is 6.92 Å². The number of nitrogens with zero attached hydrogens (tertiary/aromatic N) is 4. The molecule has 0 radical (unpaired) electrons. The van der Waals surface area contributed by atoms with Crippen LogP contribution < -0.4 is 5.32 Å². The smallest absolute Gasteiger partial charge is 0.222 e. The molecule has 0 unspecified atom stereocenters. The number of anilines is 1. The first-order valence-electron chi connectivity index (χ1n) is 8.51. The predicted molar refractivity (Wildman–Crippen MR) is 94.1 cm³/mol. The highest BCUT2D eigenvalue weighted by Gasteiger charge is 2.43. The van der Waals surface area contributed by atoms with E-state index < -0.39 is 0 Å². The predicted octanol–water partition coefficient (Wildman–Crippen LogP) is 2.48. The van der Waals surface area contributed by atoms with E-state index in [9.17, 15) is 0 Å². The number of hydrogen-bond acceptors (Lipinski definition) is 7. The van der Waals surface area contributed by atoms with E-state index in [4.69, 9.17) is 4.74 Å². The Labute approximate surface area is 146 Å². The minimum atomic E-state index is -0.0245. The van der Waals surface area contributed by atoms with Crippen molar-refractivity contribution in [2.45, 2.75) is 44.4 Å². The first-order chi connectivity index (χ1) is 11.7. The fraction of sp³-hybridized carbons (Fsp3) is 0.588. The summed E-state index contributed by atoms with van der Waals surface area (Å²) < 4.78 is 6.24. The standard InChI is InChI=1S/C17H23N5OS/c1-13-15(24-12-20-13)10-22-7-4-17(11-22)9-14(3-8-23-17)21-16-18-5-2-6-19-16/h2,5-6,12,14H,3-4,7-11H2,1H3,(H,18,19,21)/t14-,17-/m0/s1. The molecule has 24 heavy (non-hydrogen) atoms. The Hall–Kier alpha value is -1.57. The lowest BCUT2D eigenvalue weighted by atomic mass is 9.89. The number of ether oxygens (including phenoxy) is 1. The third-order valence-electron chi connectivity index (χ3n) is 5.00. The number of aromatic nitrogens is 3. The molecule has 1 N–H and O–H groups in total.